The molecule has 5 nitrogen and oxygen atoms in total. The maximum Gasteiger partial charge on any atom is 0.417 e. The predicted octanol–water partition coefficient (Wildman–Crippen LogP) is 4.30. The zero-order chi connectivity index (χ0) is 21.7. The average Bonchev–Trinajstić information content (AvgIpc) is 3.53. The van der Waals surface area contributed by atoms with E-state index >= 15 is 0 Å². The summed E-state index contributed by atoms with van der Waals surface area (Å²) >= 11 is 6.28. The number of oxime groups is 1. The van der Waals surface area contributed by atoms with Gasteiger partial charge in [0.15, 0.2) is 0 Å². The van der Waals surface area contributed by atoms with E-state index in [-0.39, 0.29) is 23.0 Å². The second-order valence-corrected chi connectivity index (χ2v) is 6.95. The molecular weight excluding hydrogens is 419 g/mol. The highest BCUT2D eigenvalue weighted by Crippen LogP contribution is 2.31. The van der Waals surface area contributed by atoms with Crippen LogP contribution in [0.15, 0.2) is 41.7 Å². The number of hydrogen-bond acceptors (Lipinski definition) is 4. The van der Waals surface area contributed by atoms with Crippen LogP contribution in [0.3, 0.4) is 0 Å². The minimum Gasteiger partial charge on any atom is -0.399 e. The molecule has 1 aliphatic rings. The van der Waals surface area contributed by atoms with Crippen LogP contribution in [0.5, 0.6) is 0 Å². The number of alkyl halides is 3. The molecule has 1 saturated carbocycles. The van der Waals surface area contributed by atoms with Crippen LogP contribution in [0.4, 0.5) is 13.2 Å². The SMILES string of the molecule is CO/N=C(\CNC(=O)c1ccccc1C(F)(F)F)c1ncc(C#CC2CC2)cc1Cl. The Morgan fingerprint density at radius 1 is 1.37 bits per heavy atom. The van der Waals surface area contributed by atoms with E-state index in [0.29, 0.717) is 11.5 Å². The van der Waals surface area contributed by atoms with Gasteiger partial charge in [-0.2, -0.15) is 13.2 Å². The van der Waals surface area contributed by atoms with Crippen LogP contribution < -0.4 is 5.32 Å². The third-order valence-electron chi connectivity index (χ3n) is 4.21. The maximum absolute atomic E-state index is 13.1. The van der Waals surface area contributed by atoms with Gasteiger partial charge in [0.05, 0.1) is 22.7 Å². The number of pyridine rings is 1. The van der Waals surface area contributed by atoms with E-state index in [2.05, 4.69) is 27.3 Å². The lowest BCUT2D eigenvalue weighted by Gasteiger charge is -2.13. The number of aromatic nitrogens is 1. The van der Waals surface area contributed by atoms with Gasteiger partial charge in [0, 0.05) is 17.7 Å². The van der Waals surface area contributed by atoms with Gasteiger partial charge in [-0.25, -0.2) is 0 Å². The first-order valence-corrected chi connectivity index (χ1v) is 9.39. The van der Waals surface area contributed by atoms with Gasteiger partial charge in [0.1, 0.15) is 18.5 Å². The zero-order valence-corrected chi connectivity index (χ0v) is 16.6. The number of carbonyl (C=O) groups excluding carboxylic acids is 1. The van der Waals surface area contributed by atoms with Gasteiger partial charge in [0.2, 0.25) is 0 Å². The smallest absolute Gasteiger partial charge is 0.399 e. The largest absolute Gasteiger partial charge is 0.417 e. The van der Waals surface area contributed by atoms with E-state index in [1.165, 1.54) is 25.4 Å². The fourth-order valence-electron chi connectivity index (χ4n) is 2.59. The minimum absolute atomic E-state index is 0.155. The monoisotopic (exact) mass is 435 g/mol. The molecule has 3 rings (SSSR count). The minimum atomic E-state index is -4.65. The molecule has 1 heterocycles. The number of amides is 1. The van der Waals surface area contributed by atoms with Gasteiger partial charge in [-0.3, -0.25) is 9.78 Å². The molecule has 1 aliphatic carbocycles. The topological polar surface area (TPSA) is 63.6 Å². The first-order valence-electron chi connectivity index (χ1n) is 9.01. The van der Waals surface area contributed by atoms with Crippen LogP contribution in [0.2, 0.25) is 5.02 Å². The number of hydrogen-bond donors (Lipinski definition) is 1. The van der Waals surface area contributed by atoms with Crippen LogP contribution in [0, 0.1) is 17.8 Å². The van der Waals surface area contributed by atoms with Gasteiger partial charge in [0.25, 0.3) is 5.91 Å². The number of benzene rings is 1. The summed E-state index contributed by atoms with van der Waals surface area (Å²) in [4.78, 5) is 21.4. The lowest BCUT2D eigenvalue weighted by atomic mass is 10.1. The van der Waals surface area contributed by atoms with Crippen molar-refractivity contribution >= 4 is 23.2 Å². The van der Waals surface area contributed by atoms with Crippen LogP contribution in [-0.4, -0.2) is 30.3 Å². The Kier molecular flexibility index (Phi) is 6.63. The molecule has 1 N–H and O–H groups in total. The van der Waals surface area contributed by atoms with Crippen molar-refractivity contribution in [3.63, 3.8) is 0 Å². The second-order valence-electron chi connectivity index (χ2n) is 6.54. The van der Waals surface area contributed by atoms with Crippen LogP contribution in [-0.2, 0) is 11.0 Å². The fourth-order valence-corrected chi connectivity index (χ4v) is 2.86. The summed E-state index contributed by atoms with van der Waals surface area (Å²) in [5.41, 5.74) is -0.494. The molecule has 0 bridgehead atoms. The van der Waals surface area contributed by atoms with Crippen molar-refractivity contribution in [2.75, 3.05) is 13.7 Å². The summed E-state index contributed by atoms with van der Waals surface area (Å²) in [6, 6.07) is 6.14. The normalized spacial score (nSPS) is 14.0. The molecule has 0 radical (unpaired) electrons. The van der Waals surface area contributed by atoms with E-state index < -0.39 is 23.2 Å². The highest BCUT2D eigenvalue weighted by Gasteiger charge is 2.34. The molecule has 1 aromatic carbocycles. The van der Waals surface area contributed by atoms with Crippen molar-refractivity contribution in [3.8, 4) is 11.8 Å². The summed E-state index contributed by atoms with van der Waals surface area (Å²) in [5, 5.41) is 6.45. The Hall–Kier alpha value is -3.05. The first-order chi connectivity index (χ1) is 14.3. The van der Waals surface area contributed by atoms with E-state index in [1.807, 2.05) is 0 Å². The van der Waals surface area contributed by atoms with Gasteiger partial charge >= 0.3 is 6.18 Å². The molecule has 0 spiro atoms. The van der Waals surface area contributed by atoms with Crippen molar-refractivity contribution in [3.05, 3.63) is 63.9 Å². The van der Waals surface area contributed by atoms with Crippen LogP contribution >= 0.6 is 11.6 Å². The van der Waals surface area contributed by atoms with Crippen molar-refractivity contribution in [2.45, 2.75) is 19.0 Å². The first kappa shape index (κ1) is 21.7. The molecule has 9 heteroatoms. The van der Waals surface area contributed by atoms with Gasteiger partial charge < -0.3 is 10.2 Å². The number of carbonyl (C=O) groups is 1. The molecule has 30 heavy (non-hydrogen) atoms. The standard InChI is InChI=1S/C21H17ClF3N3O2/c1-30-28-18(19-17(22)10-14(11-26-19)9-8-13-6-7-13)12-27-20(29)15-4-2-3-5-16(15)21(23,24)25/h2-5,10-11,13H,6-7,12H2,1H3,(H,27,29)/b28-18+. The molecule has 156 valence electrons. The zero-order valence-electron chi connectivity index (χ0n) is 15.9. The third kappa shape index (κ3) is 5.51. The number of nitrogens with zero attached hydrogens (tertiary/aromatic N) is 2. The molecular formula is C21H17ClF3N3O2. The molecule has 1 fully saturated rings. The van der Waals surface area contributed by atoms with Crippen molar-refractivity contribution in [1.82, 2.24) is 10.3 Å². The van der Waals surface area contributed by atoms with Crippen molar-refractivity contribution in [2.24, 2.45) is 11.1 Å². The number of rotatable bonds is 5. The van der Waals surface area contributed by atoms with Crippen molar-refractivity contribution < 1.29 is 22.8 Å². The average molecular weight is 436 g/mol. The highest BCUT2D eigenvalue weighted by molar-refractivity contribution is 6.34. The Morgan fingerprint density at radius 2 is 2.10 bits per heavy atom. The lowest BCUT2D eigenvalue weighted by molar-refractivity contribution is -0.137. The van der Waals surface area contributed by atoms with Gasteiger partial charge in [-0.1, -0.05) is 40.7 Å². The van der Waals surface area contributed by atoms with Gasteiger partial charge in [-0.05, 0) is 31.0 Å². The maximum atomic E-state index is 13.1. The Bertz CT molecular complexity index is 1040. The number of nitrogens with one attached hydrogen (secondary N) is 1. The Balaban J connectivity index is 1.77. The summed E-state index contributed by atoms with van der Waals surface area (Å²) < 4.78 is 39.4. The van der Waals surface area contributed by atoms with E-state index in [9.17, 15) is 18.0 Å². The fraction of sp³-hybridized carbons (Fsp3) is 0.286. The quantitative estimate of drug-likeness (QED) is 0.433. The number of halogens is 4. The van der Waals surface area contributed by atoms with Crippen molar-refractivity contribution in [1.29, 1.82) is 0 Å². The highest BCUT2D eigenvalue weighted by atomic mass is 35.5. The summed E-state index contributed by atoms with van der Waals surface area (Å²) in [6.07, 6.45) is -0.954. The third-order valence-corrected chi connectivity index (χ3v) is 4.50. The Morgan fingerprint density at radius 3 is 2.73 bits per heavy atom. The van der Waals surface area contributed by atoms with Crippen LogP contribution in [0.1, 0.15) is 40.0 Å². The van der Waals surface area contributed by atoms with Gasteiger partial charge in [-0.15, -0.1) is 0 Å². The Labute approximate surface area is 176 Å². The van der Waals surface area contributed by atoms with Crippen LogP contribution in [0.25, 0.3) is 0 Å². The molecule has 2 aromatic rings. The molecule has 0 atom stereocenters. The molecule has 0 unspecified atom stereocenters. The molecule has 0 aliphatic heterocycles. The lowest BCUT2D eigenvalue weighted by Crippen LogP contribution is -2.32. The predicted molar refractivity (Wildman–Crippen MR) is 106 cm³/mol. The molecule has 0 saturated heterocycles. The van der Waals surface area contributed by atoms with E-state index in [0.717, 1.165) is 25.0 Å². The second kappa shape index (κ2) is 9.18. The summed E-state index contributed by atoms with van der Waals surface area (Å²) in [5.74, 6) is 5.60. The summed E-state index contributed by atoms with van der Waals surface area (Å²) in [7, 11) is 1.30. The summed E-state index contributed by atoms with van der Waals surface area (Å²) in [6.45, 7) is -0.237. The molecule has 1 amide bonds. The van der Waals surface area contributed by atoms with E-state index in [4.69, 9.17) is 16.4 Å². The molecule has 1 aromatic heterocycles. The van der Waals surface area contributed by atoms with E-state index in [1.54, 1.807) is 6.07 Å².